The zero-order chi connectivity index (χ0) is 73.2. The van der Waals surface area contributed by atoms with E-state index in [1.807, 2.05) is 0 Å². The molecule has 0 saturated carbocycles. The average molecular weight is 1460 g/mol. The molecule has 0 radical (unpaired) electrons. The fraction of sp³-hybridized carbons (Fsp3) is 0.827. The van der Waals surface area contributed by atoms with E-state index < -0.39 is 97.5 Å². The van der Waals surface area contributed by atoms with Crippen LogP contribution in [0.15, 0.2) is 60.8 Å². The molecule has 0 aliphatic carbocycles. The Labute approximate surface area is 610 Å². The van der Waals surface area contributed by atoms with Crippen molar-refractivity contribution in [3.05, 3.63) is 60.8 Å². The second-order valence-corrected chi connectivity index (χ2v) is 30.3. The van der Waals surface area contributed by atoms with Crippen LogP contribution in [-0.2, 0) is 65.4 Å². The molecule has 0 fully saturated rings. The van der Waals surface area contributed by atoms with Crippen LogP contribution in [0.25, 0.3) is 0 Å². The number of phosphoric ester groups is 2. The van der Waals surface area contributed by atoms with Crippen LogP contribution in [0.2, 0.25) is 0 Å². The fourth-order valence-corrected chi connectivity index (χ4v) is 12.8. The topological polar surface area (TPSA) is 237 Å². The Morgan fingerprint density at radius 1 is 0.280 bits per heavy atom. The lowest BCUT2D eigenvalue weighted by Gasteiger charge is -2.21. The van der Waals surface area contributed by atoms with Gasteiger partial charge in [-0.2, -0.15) is 0 Å². The van der Waals surface area contributed by atoms with Crippen LogP contribution in [0.1, 0.15) is 374 Å². The molecule has 17 nitrogen and oxygen atoms in total. The summed E-state index contributed by atoms with van der Waals surface area (Å²) in [5.41, 5.74) is 0. The van der Waals surface area contributed by atoms with E-state index in [1.165, 1.54) is 141 Å². The van der Waals surface area contributed by atoms with Gasteiger partial charge in [-0.15, -0.1) is 0 Å². The van der Waals surface area contributed by atoms with Gasteiger partial charge in [-0.05, 0) is 116 Å². The zero-order valence-corrected chi connectivity index (χ0v) is 65.7. The molecule has 0 aromatic carbocycles. The smallest absolute Gasteiger partial charge is 0.462 e. The quantitative estimate of drug-likeness (QED) is 0.0169. The molecule has 0 heterocycles. The number of aliphatic hydroxyl groups excluding tert-OH is 1. The van der Waals surface area contributed by atoms with Crippen molar-refractivity contribution in [3.8, 4) is 0 Å². The zero-order valence-electron chi connectivity index (χ0n) is 63.9. The van der Waals surface area contributed by atoms with Crippen molar-refractivity contribution < 1.29 is 80.2 Å². The summed E-state index contributed by atoms with van der Waals surface area (Å²) in [7, 11) is -9.95. The van der Waals surface area contributed by atoms with Crippen LogP contribution in [0.4, 0.5) is 0 Å². The molecule has 0 aromatic rings. The van der Waals surface area contributed by atoms with Crippen molar-refractivity contribution in [2.24, 2.45) is 0 Å². The summed E-state index contributed by atoms with van der Waals surface area (Å²) >= 11 is 0. The first-order valence-electron chi connectivity index (χ1n) is 40.5. The number of allylic oxidation sites excluding steroid dienone is 10. The number of hydrogen-bond acceptors (Lipinski definition) is 15. The molecule has 19 heteroatoms. The van der Waals surface area contributed by atoms with E-state index in [0.717, 1.165) is 154 Å². The molecule has 0 aliphatic rings. The summed E-state index contributed by atoms with van der Waals surface area (Å²) in [6, 6.07) is 0. The standard InChI is InChI=1S/C81H148O17P2/c1-5-9-13-17-21-25-29-33-37-41-45-49-53-57-61-65-78(83)91-71-76(97-80(85)67-63-59-55-51-47-43-39-35-31-27-23-19-15-11-7-3)73-95-99(87,88)93-69-75(82)70-94-100(89,90)96-74-77(98-81(86)68-64-60-56-52-48-44-40-36-32-28-24-20-16-12-8-4)72-92-79(84)66-62-58-54-50-46-42-38-34-30-26-22-18-14-10-6-2/h21,23,25-27,30,33,35,37,39,75-77,82H,5-20,22,24,28-29,31-32,34,36,38,40-74H2,1-4H3,(H,87,88)(H,89,90)/b25-21-,27-23-,30-26-,37-33-,39-35-/t75-,76-,77-/m1/s1. The van der Waals surface area contributed by atoms with Crippen LogP contribution in [0.3, 0.4) is 0 Å². The normalized spacial score (nSPS) is 14.2. The maximum Gasteiger partial charge on any atom is 0.472 e. The van der Waals surface area contributed by atoms with Crippen molar-refractivity contribution in [1.82, 2.24) is 0 Å². The van der Waals surface area contributed by atoms with Crippen LogP contribution in [0, 0.1) is 0 Å². The molecule has 0 saturated heterocycles. The van der Waals surface area contributed by atoms with Gasteiger partial charge in [0.1, 0.15) is 19.3 Å². The lowest BCUT2D eigenvalue weighted by molar-refractivity contribution is -0.161. The Hall–Kier alpha value is -3.24. The molecule has 0 amide bonds. The van der Waals surface area contributed by atoms with E-state index in [4.69, 9.17) is 37.0 Å². The summed E-state index contributed by atoms with van der Waals surface area (Å²) in [4.78, 5) is 73.0. The molecule has 584 valence electrons. The van der Waals surface area contributed by atoms with Crippen LogP contribution in [-0.4, -0.2) is 96.7 Å². The lowest BCUT2D eigenvalue weighted by atomic mass is 10.0. The molecule has 0 rings (SSSR count). The number of phosphoric acid groups is 2. The second-order valence-electron chi connectivity index (χ2n) is 27.4. The van der Waals surface area contributed by atoms with E-state index in [0.29, 0.717) is 25.7 Å². The fourth-order valence-electron chi connectivity index (χ4n) is 11.2. The van der Waals surface area contributed by atoms with E-state index in [2.05, 4.69) is 88.5 Å². The third kappa shape index (κ3) is 73.1. The van der Waals surface area contributed by atoms with E-state index in [9.17, 15) is 43.2 Å². The number of aliphatic hydroxyl groups is 1. The largest absolute Gasteiger partial charge is 0.472 e. The predicted molar refractivity (Wildman–Crippen MR) is 409 cm³/mol. The minimum Gasteiger partial charge on any atom is -0.462 e. The Morgan fingerprint density at radius 3 is 0.780 bits per heavy atom. The van der Waals surface area contributed by atoms with Gasteiger partial charge >= 0.3 is 39.5 Å². The molecule has 0 aromatic heterocycles. The molecular weight excluding hydrogens is 1310 g/mol. The highest BCUT2D eigenvalue weighted by molar-refractivity contribution is 7.47. The summed E-state index contributed by atoms with van der Waals surface area (Å²) in [6.07, 6.45) is 73.3. The first-order chi connectivity index (χ1) is 48.7. The summed E-state index contributed by atoms with van der Waals surface area (Å²) in [5.74, 6) is -2.17. The first-order valence-corrected chi connectivity index (χ1v) is 43.5. The molecule has 0 bridgehead atoms. The molecule has 5 atom stereocenters. The van der Waals surface area contributed by atoms with Gasteiger partial charge in [0.2, 0.25) is 0 Å². The van der Waals surface area contributed by atoms with Crippen LogP contribution in [0.5, 0.6) is 0 Å². The highest BCUT2D eigenvalue weighted by Gasteiger charge is 2.30. The molecule has 0 spiro atoms. The van der Waals surface area contributed by atoms with Gasteiger partial charge in [-0.25, -0.2) is 9.13 Å². The SMILES string of the molecule is CCCCC/C=C\C/C=C\CCCCCCCC(=O)OC[C@H](COP(=O)(O)OC[C@@H](O)COP(=O)(O)OC[C@@H](COC(=O)CCCCCCCCC/C=C\CCCCCC)OC(=O)CCCCCCCCCCCCCCCCC)OC(=O)CCCCCCC/C=C\C/C=C\CCCCC. The minimum absolute atomic E-state index is 0.0795. The van der Waals surface area contributed by atoms with Gasteiger partial charge in [0, 0.05) is 25.7 Å². The molecule has 100 heavy (non-hydrogen) atoms. The molecule has 0 aliphatic heterocycles. The van der Waals surface area contributed by atoms with Crippen molar-refractivity contribution in [2.75, 3.05) is 39.6 Å². The van der Waals surface area contributed by atoms with Gasteiger partial charge in [0.05, 0.1) is 26.4 Å². The van der Waals surface area contributed by atoms with Gasteiger partial charge in [0.25, 0.3) is 0 Å². The summed E-state index contributed by atoms with van der Waals surface area (Å²) in [6.45, 7) is 4.85. The Morgan fingerprint density at radius 2 is 0.490 bits per heavy atom. The monoisotopic (exact) mass is 1460 g/mol. The Balaban J connectivity index is 5.35. The van der Waals surface area contributed by atoms with Crippen LogP contribution >= 0.6 is 15.6 Å². The Bertz CT molecular complexity index is 2130. The number of ether oxygens (including phenoxy) is 4. The second kappa shape index (κ2) is 74.0. The van der Waals surface area contributed by atoms with Crippen molar-refractivity contribution >= 4 is 39.5 Å². The first kappa shape index (κ1) is 96.8. The third-order valence-electron chi connectivity index (χ3n) is 17.5. The van der Waals surface area contributed by atoms with Crippen molar-refractivity contribution in [1.29, 1.82) is 0 Å². The van der Waals surface area contributed by atoms with Crippen LogP contribution < -0.4 is 0 Å². The number of carbonyl (C=O) groups excluding carboxylic acids is 4. The summed E-state index contributed by atoms with van der Waals surface area (Å²) < 4.78 is 68.6. The van der Waals surface area contributed by atoms with Crippen molar-refractivity contribution in [3.63, 3.8) is 0 Å². The predicted octanol–water partition coefficient (Wildman–Crippen LogP) is 23.5. The van der Waals surface area contributed by atoms with Gasteiger partial charge in [0.15, 0.2) is 12.2 Å². The maximum atomic E-state index is 13.1. The highest BCUT2D eigenvalue weighted by atomic mass is 31.2. The third-order valence-corrected chi connectivity index (χ3v) is 19.4. The van der Waals surface area contributed by atoms with Crippen molar-refractivity contribution in [2.45, 2.75) is 393 Å². The van der Waals surface area contributed by atoms with Gasteiger partial charge < -0.3 is 33.8 Å². The Kier molecular flexibility index (Phi) is 71.6. The van der Waals surface area contributed by atoms with Gasteiger partial charge in [-0.3, -0.25) is 37.3 Å². The van der Waals surface area contributed by atoms with E-state index in [-0.39, 0.29) is 25.7 Å². The minimum atomic E-state index is -4.98. The number of rotatable bonds is 77. The number of hydrogen-bond donors (Lipinski definition) is 3. The highest BCUT2D eigenvalue weighted by Crippen LogP contribution is 2.45. The molecular formula is C81H148O17P2. The van der Waals surface area contributed by atoms with E-state index in [1.54, 1.807) is 0 Å². The van der Waals surface area contributed by atoms with Gasteiger partial charge in [-0.1, -0.05) is 294 Å². The molecule has 2 unspecified atom stereocenters. The number of esters is 4. The van der Waals surface area contributed by atoms with E-state index >= 15 is 0 Å². The lowest BCUT2D eigenvalue weighted by Crippen LogP contribution is -2.30. The number of unbranched alkanes of at least 4 members (excludes halogenated alkanes) is 41. The maximum absolute atomic E-state index is 13.1. The average Bonchev–Trinajstić information content (AvgIpc) is 1.01. The number of carbonyl (C=O) groups is 4. The summed E-state index contributed by atoms with van der Waals surface area (Å²) in [5, 5.41) is 10.6. The molecule has 3 N–H and O–H groups in total.